The molecule has 1 fully saturated rings. The largest absolute Gasteiger partial charge is 0.444 e. The van der Waals surface area contributed by atoms with Crippen LogP contribution in [0.15, 0.2) is 30.3 Å². The fourth-order valence-electron chi connectivity index (χ4n) is 2.75. The van der Waals surface area contributed by atoms with E-state index in [1.807, 2.05) is 35.2 Å². The van der Waals surface area contributed by atoms with Gasteiger partial charge in [0.25, 0.3) is 0 Å². The first-order valence-electron chi connectivity index (χ1n) is 7.78. The van der Waals surface area contributed by atoms with E-state index in [4.69, 9.17) is 4.74 Å². The van der Waals surface area contributed by atoms with Crippen LogP contribution in [-0.4, -0.2) is 42.2 Å². The van der Waals surface area contributed by atoms with Crippen molar-refractivity contribution < 1.29 is 18.3 Å². The van der Waals surface area contributed by atoms with Crippen LogP contribution in [0.5, 0.6) is 0 Å². The standard InChI is InChI=1S/C17H24F2N2O2/c1-17(2,3)23-16(22)20-14-11-21(10-13(14)15(18)19)9-12-7-5-4-6-8-12/h4-8,13-15H,9-11H2,1-3H3,(H,20,22)/t13-,14+/m1/s1. The quantitative estimate of drug-likeness (QED) is 0.923. The number of alkyl carbamates (subject to hydrolysis) is 1. The highest BCUT2D eigenvalue weighted by Gasteiger charge is 2.40. The van der Waals surface area contributed by atoms with Crippen molar-refractivity contribution in [1.82, 2.24) is 10.2 Å². The Labute approximate surface area is 135 Å². The van der Waals surface area contributed by atoms with E-state index in [-0.39, 0.29) is 6.54 Å². The summed E-state index contributed by atoms with van der Waals surface area (Å²) in [6.07, 6.45) is -3.12. The lowest BCUT2D eigenvalue weighted by Crippen LogP contribution is -2.44. The lowest BCUT2D eigenvalue weighted by atomic mass is 10.1. The number of rotatable bonds is 4. The van der Waals surface area contributed by atoms with E-state index < -0.39 is 30.1 Å². The van der Waals surface area contributed by atoms with E-state index in [0.717, 1.165) is 5.56 Å². The lowest BCUT2D eigenvalue weighted by molar-refractivity contribution is 0.0407. The molecule has 23 heavy (non-hydrogen) atoms. The summed E-state index contributed by atoms with van der Waals surface area (Å²) in [6.45, 7) is 6.47. The van der Waals surface area contributed by atoms with Crippen LogP contribution in [0, 0.1) is 5.92 Å². The molecule has 0 aliphatic carbocycles. The number of nitrogens with zero attached hydrogens (tertiary/aromatic N) is 1. The molecule has 0 radical (unpaired) electrons. The highest BCUT2D eigenvalue weighted by molar-refractivity contribution is 5.68. The van der Waals surface area contributed by atoms with Gasteiger partial charge in [-0.15, -0.1) is 0 Å². The van der Waals surface area contributed by atoms with E-state index >= 15 is 0 Å². The average molecular weight is 326 g/mol. The van der Waals surface area contributed by atoms with E-state index in [1.54, 1.807) is 20.8 Å². The van der Waals surface area contributed by atoms with Crippen molar-refractivity contribution in [1.29, 1.82) is 0 Å². The predicted octanol–water partition coefficient (Wildman–Crippen LogP) is 3.28. The Bertz CT molecular complexity index is 517. The number of hydrogen-bond acceptors (Lipinski definition) is 3. The molecule has 0 bridgehead atoms. The Kier molecular flexibility index (Phi) is 5.57. The summed E-state index contributed by atoms with van der Waals surface area (Å²) in [5, 5.41) is 2.60. The number of ether oxygens (including phenoxy) is 1. The molecule has 1 saturated heterocycles. The molecule has 1 heterocycles. The monoisotopic (exact) mass is 326 g/mol. The molecule has 1 aromatic carbocycles. The zero-order valence-electron chi connectivity index (χ0n) is 13.8. The molecule has 128 valence electrons. The SMILES string of the molecule is CC(C)(C)OC(=O)N[C@H]1CN(Cc2ccccc2)C[C@H]1C(F)F. The molecule has 1 aromatic rings. The van der Waals surface area contributed by atoms with Gasteiger partial charge in [0.15, 0.2) is 0 Å². The number of hydrogen-bond donors (Lipinski definition) is 1. The van der Waals surface area contributed by atoms with Crippen LogP contribution < -0.4 is 5.32 Å². The Morgan fingerprint density at radius 2 is 1.96 bits per heavy atom. The van der Waals surface area contributed by atoms with Gasteiger partial charge >= 0.3 is 6.09 Å². The van der Waals surface area contributed by atoms with E-state index in [0.29, 0.717) is 13.1 Å². The van der Waals surface area contributed by atoms with Crippen LogP contribution in [0.3, 0.4) is 0 Å². The molecule has 2 atom stereocenters. The Hall–Kier alpha value is -1.69. The van der Waals surface area contributed by atoms with Crippen molar-refractivity contribution in [2.75, 3.05) is 13.1 Å². The second kappa shape index (κ2) is 7.25. The number of likely N-dealkylation sites (tertiary alicyclic amines) is 1. The molecule has 0 unspecified atom stereocenters. The van der Waals surface area contributed by atoms with Crippen LogP contribution in [0.1, 0.15) is 26.3 Å². The van der Waals surface area contributed by atoms with E-state index in [1.165, 1.54) is 0 Å². The Morgan fingerprint density at radius 1 is 1.30 bits per heavy atom. The number of halogens is 2. The Balaban J connectivity index is 1.96. The van der Waals surface area contributed by atoms with E-state index in [9.17, 15) is 13.6 Å². The number of benzene rings is 1. The van der Waals surface area contributed by atoms with E-state index in [2.05, 4.69) is 5.32 Å². The maximum absolute atomic E-state index is 13.3. The zero-order valence-corrected chi connectivity index (χ0v) is 13.8. The third kappa shape index (κ3) is 5.46. The molecule has 1 amide bonds. The first-order valence-corrected chi connectivity index (χ1v) is 7.78. The van der Waals surface area contributed by atoms with Crippen molar-refractivity contribution in [2.24, 2.45) is 5.92 Å². The fourth-order valence-corrected chi connectivity index (χ4v) is 2.75. The summed E-state index contributed by atoms with van der Waals surface area (Å²) in [7, 11) is 0. The van der Waals surface area contributed by atoms with Crippen LogP contribution in [0.25, 0.3) is 0 Å². The van der Waals surface area contributed by atoms with Gasteiger partial charge in [-0.05, 0) is 26.3 Å². The molecule has 1 aliphatic heterocycles. The zero-order chi connectivity index (χ0) is 17.0. The Morgan fingerprint density at radius 3 is 2.52 bits per heavy atom. The minimum Gasteiger partial charge on any atom is -0.444 e. The number of nitrogens with one attached hydrogen (secondary N) is 1. The van der Waals surface area contributed by atoms with Gasteiger partial charge in [0, 0.05) is 19.6 Å². The minimum absolute atomic E-state index is 0.257. The summed E-state index contributed by atoms with van der Waals surface area (Å²) in [4.78, 5) is 13.8. The van der Waals surface area contributed by atoms with Gasteiger partial charge in [-0.1, -0.05) is 30.3 Å². The van der Waals surface area contributed by atoms with Gasteiger partial charge in [0.2, 0.25) is 6.43 Å². The average Bonchev–Trinajstić information content (AvgIpc) is 2.80. The van der Waals surface area contributed by atoms with Crippen molar-refractivity contribution in [3.05, 3.63) is 35.9 Å². The first kappa shape index (κ1) is 17.7. The van der Waals surface area contributed by atoms with Crippen LogP contribution in [0.4, 0.5) is 13.6 Å². The topological polar surface area (TPSA) is 41.6 Å². The summed E-state index contributed by atoms with van der Waals surface area (Å²) >= 11 is 0. The molecule has 1 aliphatic rings. The van der Waals surface area contributed by atoms with Crippen molar-refractivity contribution >= 4 is 6.09 Å². The van der Waals surface area contributed by atoms with Gasteiger partial charge in [0.1, 0.15) is 5.60 Å². The first-order chi connectivity index (χ1) is 10.7. The van der Waals surface area contributed by atoms with Crippen molar-refractivity contribution in [3.8, 4) is 0 Å². The fraction of sp³-hybridized carbons (Fsp3) is 0.588. The van der Waals surface area contributed by atoms with Gasteiger partial charge in [-0.25, -0.2) is 13.6 Å². The van der Waals surface area contributed by atoms with Crippen LogP contribution >= 0.6 is 0 Å². The summed E-state index contributed by atoms with van der Waals surface area (Å²) in [6, 6.07) is 9.09. The molecule has 1 N–H and O–H groups in total. The van der Waals surface area contributed by atoms with Crippen LogP contribution in [0.2, 0.25) is 0 Å². The molecule has 2 rings (SSSR count). The number of carbonyl (C=O) groups excluding carboxylic acids is 1. The maximum atomic E-state index is 13.3. The van der Waals surface area contributed by atoms with Gasteiger partial charge in [-0.3, -0.25) is 4.90 Å². The molecule has 0 spiro atoms. The molecule has 0 aromatic heterocycles. The molecule has 6 heteroatoms. The summed E-state index contributed by atoms with van der Waals surface area (Å²) in [5.41, 5.74) is 0.422. The van der Waals surface area contributed by atoms with Gasteiger partial charge < -0.3 is 10.1 Å². The third-order valence-electron chi connectivity index (χ3n) is 3.72. The number of carbonyl (C=O) groups is 1. The number of amides is 1. The maximum Gasteiger partial charge on any atom is 0.407 e. The normalized spacial score (nSPS) is 22.3. The van der Waals surface area contributed by atoms with Gasteiger partial charge in [-0.2, -0.15) is 0 Å². The second-order valence-corrected chi connectivity index (χ2v) is 6.93. The summed E-state index contributed by atoms with van der Waals surface area (Å²) < 4.78 is 31.7. The third-order valence-corrected chi connectivity index (χ3v) is 3.72. The number of alkyl halides is 2. The lowest BCUT2D eigenvalue weighted by Gasteiger charge is -2.24. The van der Waals surface area contributed by atoms with Crippen molar-refractivity contribution in [2.45, 2.75) is 45.4 Å². The highest BCUT2D eigenvalue weighted by atomic mass is 19.3. The van der Waals surface area contributed by atoms with Gasteiger partial charge in [0.05, 0.1) is 12.0 Å². The van der Waals surface area contributed by atoms with Crippen LogP contribution in [-0.2, 0) is 11.3 Å². The molecular weight excluding hydrogens is 302 g/mol. The highest BCUT2D eigenvalue weighted by Crippen LogP contribution is 2.25. The predicted molar refractivity (Wildman–Crippen MR) is 84.4 cm³/mol. The van der Waals surface area contributed by atoms with Crippen molar-refractivity contribution in [3.63, 3.8) is 0 Å². The molecular formula is C17H24F2N2O2. The summed E-state index contributed by atoms with van der Waals surface area (Å²) in [5.74, 6) is -0.883. The molecule has 0 saturated carbocycles. The molecule has 4 nitrogen and oxygen atoms in total. The smallest absolute Gasteiger partial charge is 0.407 e. The minimum atomic E-state index is -2.48. The second-order valence-electron chi connectivity index (χ2n) is 6.93.